The molecule has 0 radical (unpaired) electrons. The van der Waals surface area contributed by atoms with Crippen LogP contribution < -0.4 is 5.32 Å². The van der Waals surface area contributed by atoms with Gasteiger partial charge < -0.3 is 9.88 Å². The van der Waals surface area contributed by atoms with Crippen LogP contribution in [-0.2, 0) is 0 Å². The maximum absolute atomic E-state index is 4.76. The fourth-order valence-corrected chi connectivity index (χ4v) is 3.55. The summed E-state index contributed by atoms with van der Waals surface area (Å²) in [5, 5.41) is 6.67. The van der Waals surface area contributed by atoms with Gasteiger partial charge in [0.1, 0.15) is 0 Å². The summed E-state index contributed by atoms with van der Waals surface area (Å²) in [5.41, 5.74) is 2.34. The molecule has 1 saturated heterocycles. The number of rotatable bonds is 2. The predicted octanol–water partition coefficient (Wildman–Crippen LogP) is 3.23. The Morgan fingerprint density at radius 2 is 2.00 bits per heavy atom. The summed E-state index contributed by atoms with van der Waals surface area (Å²) in [6.45, 7) is 2.19. The van der Waals surface area contributed by atoms with Crippen LogP contribution in [0.4, 0.5) is 0 Å². The third-order valence-electron chi connectivity index (χ3n) is 4.29. The Balaban J connectivity index is 1.96. The Morgan fingerprint density at radius 3 is 2.81 bits per heavy atom. The van der Waals surface area contributed by atoms with Crippen molar-refractivity contribution in [2.45, 2.75) is 24.0 Å². The number of benzene rings is 1. The second kappa shape index (κ2) is 5.31. The van der Waals surface area contributed by atoms with E-state index in [1.807, 2.05) is 12.5 Å². The number of nitrogens with zero attached hydrogens (tertiary/aromatic N) is 3. The Hall–Kier alpha value is -1.59. The molecule has 1 N–H and O–H groups in total. The second-order valence-corrected chi connectivity index (χ2v) is 6.28. The standard InChI is InChI=1S/C16H18N4S/c1-21-16-18-10-12-3-2-11-6-9-20(15(11)14(12)19-16)13-4-7-17-8-5-13/h2-3,6,9-10,13,17H,4-5,7-8H2,1H3. The lowest BCUT2D eigenvalue weighted by molar-refractivity contribution is 0.376. The van der Waals surface area contributed by atoms with E-state index >= 15 is 0 Å². The van der Waals surface area contributed by atoms with Crippen LogP contribution in [0.25, 0.3) is 21.8 Å². The van der Waals surface area contributed by atoms with Crippen molar-refractivity contribution in [2.24, 2.45) is 0 Å². The largest absolute Gasteiger partial charge is 0.343 e. The van der Waals surface area contributed by atoms with Crippen LogP contribution in [0.2, 0.25) is 0 Å². The SMILES string of the molecule is CSc1ncc2ccc3ccn(C4CCNCC4)c3c2n1. The van der Waals surface area contributed by atoms with Gasteiger partial charge in [-0.3, -0.25) is 0 Å². The molecule has 4 nitrogen and oxygen atoms in total. The van der Waals surface area contributed by atoms with E-state index in [2.05, 4.69) is 39.3 Å². The van der Waals surface area contributed by atoms with Gasteiger partial charge in [0.2, 0.25) is 0 Å². The van der Waals surface area contributed by atoms with Crippen molar-refractivity contribution in [1.29, 1.82) is 0 Å². The van der Waals surface area contributed by atoms with Crippen LogP contribution in [0.15, 0.2) is 35.7 Å². The first kappa shape index (κ1) is 13.1. The van der Waals surface area contributed by atoms with Gasteiger partial charge >= 0.3 is 0 Å². The van der Waals surface area contributed by atoms with Gasteiger partial charge in [-0.25, -0.2) is 9.97 Å². The summed E-state index contributed by atoms with van der Waals surface area (Å²) < 4.78 is 2.43. The number of nitrogens with one attached hydrogen (secondary N) is 1. The highest BCUT2D eigenvalue weighted by Gasteiger charge is 2.18. The summed E-state index contributed by atoms with van der Waals surface area (Å²) in [5.74, 6) is 0. The maximum atomic E-state index is 4.76. The lowest BCUT2D eigenvalue weighted by Gasteiger charge is -2.25. The van der Waals surface area contributed by atoms with E-state index in [-0.39, 0.29) is 0 Å². The third kappa shape index (κ3) is 2.21. The Kier molecular flexibility index (Phi) is 3.31. The van der Waals surface area contributed by atoms with Crippen LogP contribution >= 0.6 is 11.8 Å². The molecule has 2 aromatic heterocycles. The van der Waals surface area contributed by atoms with Crippen molar-refractivity contribution < 1.29 is 0 Å². The zero-order chi connectivity index (χ0) is 14.2. The van der Waals surface area contributed by atoms with Gasteiger partial charge in [-0.15, -0.1) is 0 Å². The highest BCUT2D eigenvalue weighted by atomic mass is 32.2. The molecule has 0 bridgehead atoms. The summed E-state index contributed by atoms with van der Waals surface area (Å²) >= 11 is 1.59. The van der Waals surface area contributed by atoms with Crippen LogP contribution in [0, 0.1) is 0 Å². The van der Waals surface area contributed by atoms with E-state index in [9.17, 15) is 0 Å². The van der Waals surface area contributed by atoms with Gasteiger partial charge in [-0.05, 0) is 38.3 Å². The monoisotopic (exact) mass is 298 g/mol. The average molecular weight is 298 g/mol. The topological polar surface area (TPSA) is 42.7 Å². The molecule has 1 aliphatic rings. The number of hydrogen-bond acceptors (Lipinski definition) is 4. The van der Waals surface area contributed by atoms with Gasteiger partial charge in [0.05, 0.1) is 11.0 Å². The van der Waals surface area contributed by atoms with Crippen molar-refractivity contribution in [3.05, 3.63) is 30.6 Å². The zero-order valence-electron chi connectivity index (χ0n) is 12.0. The first-order valence-electron chi connectivity index (χ1n) is 7.38. The Morgan fingerprint density at radius 1 is 1.19 bits per heavy atom. The number of piperidine rings is 1. The number of thioether (sulfide) groups is 1. The summed E-state index contributed by atoms with van der Waals surface area (Å²) in [4.78, 5) is 9.16. The van der Waals surface area contributed by atoms with Gasteiger partial charge in [-0.2, -0.15) is 0 Å². The van der Waals surface area contributed by atoms with Crippen LogP contribution in [0.3, 0.4) is 0 Å². The maximum Gasteiger partial charge on any atom is 0.187 e. The van der Waals surface area contributed by atoms with Crippen molar-refractivity contribution in [1.82, 2.24) is 19.9 Å². The predicted molar refractivity (Wildman–Crippen MR) is 88.0 cm³/mol. The van der Waals surface area contributed by atoms with E-state index in [1.165, 1.54) is 23.7 Å². The highest BCUT2D eigenvalue weighted by Crippen LogP contribution is 2.30. The van der Waals surface area contributed by atoms with Crippen LogP contribution in [0.1, 0.15) is 18.9 Å². The fraction of sp³-hybridized carbons (Fsp3) is 0.375. The molecule has 1 aromatic carbocycles. The van der Waals surface area contributed by atoms with Crippen LogP contribution in [0.5, 0.6) is 0 Å². The van der Waals surface area contributed by atoms with Crippen molar-refractivity contribution in [3.63, 3.8) is 0 Å². The van der Waals surface area contributed by atoms with Crippen molar-refractivity contribution in [2.75, 3.05) is 19.3 Å². The molecule has 0 unspecified atom stereocenters. The molecule has 1 aliphatic heterocycles. The molecule has 0 aliphatic carbocycles. The zero-order valence-corrected chi connectivity index (χ0v) is 12.9. The molecule has 0 amide bonds. The Labute approximate surface area is 128 Å². The first-order chi connectivity index (χ1) is 10.4. The molecule has 108 valence electrons. The molecule has 0 saturated carbocycles. The smallest absolute Gasteiger partial charge is 0.187 e. The lowest BCUT2D eigenvalue weighted by atomic mass is 10.1. The number of hydrogen-bond donors (Lipinski definition) is 1. The molecule has 0 atom stereocenters. The van der Waals surface area contributed by atoms with Gasteiger partial charge in [0.25, 0.3) is 0 Å². The summed E-state index contributed by atoms with van der Waals surface area (Å²) in [7, 11) is 0. The Bertz CT molecular complexity index is 789. The van der Waals surface area contributed by atoms with Crippen LogP contribution in [-0.4, -0.2) is 33.9 Å². The third-order valence-corrected chi connectivity index (χ3v) is 4.85. The first-order valence-corrected chi connectivity index (χ1v) is 8.60. The van der Waals surface area contributed by atoms with Crippen molar-refractivity contribution in [3.8, 4) is 0 Å². The molecular weight excluding hydrogens is 280 g/mol. The molecule has 4 rings (SSSR count). The second-order valence-electron chi connectivity index (χ2n) is 5.50. The highest BCUT2D eigenvalue weighted by molar-refractivity contribution is 7.98. The normalized spacial score (nSPS) is 16.8. The van der Waals surface area contributed by atoms with E-state index in [4.69, 9.17) is 4.98 Å². The molecule has 5 heteroatoms. The number of fused-ring (bicyclic) bond motifs is 3. The van der Waals surface area contributed by atoms with E-state index < -0.39 is 0 Å². The van der Waals surface area contributed by atoms with E-state index in [1.54, 1.807) is 11.8 Å². The van der Waals surface area contributed by atoms with Gasteiger partial charge in [0, 0.05) is 29.2 Å². The lowest BCUT2D eigenvalue weighted by Crippen LogP contribution is -2.29. The minimum atomic E-state index is 0.571. The molecule has 3 aromatic rings. The van der Waals surface area contributed by atoms with E-state index in [0.717, 1.165) is 29.1 Å². The van der Waals surface area contributed by atoms with Gasteiger partial charge in [0.15, 0.2) is 5.16 Å². The minimum absolute atomic E-state index is 0.571. The summed E-state index contributed by atoms with van der Waals surface area (Å²) in [6.07, 6.45) is 8.54. The molecule has 21 heavy (non-hydrogen) atoms. The van der Waals surface area contributed by atoms with Crippen molar-refractivity contribution >= 4 is 33.6 Å². The fourth-order valence-electron chi connectivity index (χ4n) is 3.21. The molecule has 1 fully saturated rings. The van der Waals surface area contributed by atoms with Gasteiger partial charge in [-0.1, -0.05) is 23.9 Å². The minimum Gasteiger partial charge on any atom is -0.343 e. The average Bonchev–Trinajstić information content (AvgIpc) is 2.99. The quantitative estimate of drug-likeness (QED) is 0.582. The molecular formula is C16H18N4S. The molecule has 0 spiro atoms. The number of aromatic nitrogens is 3. The molecule has 3 heterocycles. The summed E-state index contributed by atoms with van der Waals surface area (Å²) in [6, 6.07) is 7.07. The van der Waals surface area contributed by atoms with E-state index in [0.29, 0.717) is 6.04 Å².